The van der Waals surface area contributed by atoms with Crippen LogP contribution in [0.25, 0.3) is 0 Å². The summed E-state index contributed by atoms with van der Waals surface area (Å²) in [5.41, 5.74) is -0.148. The lowest BCUT2D eigenvalue weighted by atomic mass is 9.88. The number of carbonyl (C=O) groups excluding carboxylic acids is 1. The Labute approximate surface area is 118 Å². The molecule has 1 aromatic heterocycles. The maximum Gasteiger partial charge on any atom is 0.250 e. The molecule has 1 unspecified atom stereocenters. The first kappa shape index (κ1) is 14.8. The zero-order valence-electron chi connectivity index (χ0n) is 11.6. The smallest absolute Gasteiger partial charge is 0.250 e. The number of nitrogens with one attached hydrogen (secondary N) is 1. The van der Waals surface area contributed by atoms with Gasteiger partial charge in [-0.25, -0.2) is 0 Å². The zero-order valence-corrected chi connectivity index (χ0v) is 11.6. The molecule has 0 spiro atoms. The molecular weight excluding hydrogens is 256 g/mol. The number of hydrogen-bond donors (Lipinski definition) is 2. The average molecular weight is 278 g/mol. The minimum absolute atomic E-state index is 0.0316. The van der Waals surface area contributed by atoms with Crippen LogP contribution in [0.4, 0.5) is 0 Å². The maximum atomic E-state index is 11.9. The Morgan fingerprint density at radius 3 is 2.80 bits per heavy atom. The Balaban J connectivity index is 1.77. The lowest BCUT2D eigenvalue weighted by Gasteiger charge is -2.21. The van der Waals surface area contributed by atoms with E-state index in [0.29, 0.717) is 0 Å². The van der Waals surface area contributed by atoms with Crippen molar-refractivity contribution >= 4 is 5.91 Å². The summed E-state index contributed by atoms with van der Waals surface area (Å²) >= 11 is 0. The molecule has 5 heteroatoms. The Morgan fingerprint density at radius 1 is 1.35 bits per heavy atom. The molecule has 0 radical (unpaired) electrons. The van der Waals surface area contributed by atoms with E-state index in [0.717, 1.165) is 25.7 Å². The number of amides is 1. The fourth-order valence-corrected chi connectivity index (χ4v) is 2.63. The van der Waals surface area contributed by atoms with E-state index in [9.17, 15) is 14.7 Å². The first-order valence-corrected chi connectivity index (χ1v) is 7.28. The molecule has 1 saturated carbocycles. The Hall–Kier alpha value is -1.62. The summed E-state index contributed by atoms with van der Waals surface area (Å²) in [7, 11) is 0. The predicted molar refractivity (Wildman–Crippen MR) is 76.3 cm³/mol. The Morgan fingerprint density at radius 2 is 2.10 bits per heavy atom. The van der Waals surface area contributed by atoms with Gasteiger partial charge in [0.1, 0.15) is 0 Å². The van der Waals surface area contributed by atoms with E-state index < -0.39 is 6.10 Å². The third-order valence-electron chi connectivity index (χ3n) is 3.79. The number of aromatic nitrogens is 1. The number of aliphatic hydroxyl groups is 1. The number of aliphatic hydroxyl groups excluding tert-OH is 1. The van der Waals surface area contributed by atoms with Crippen LogP contribution in [0.15, 0.2) is 29.2 Å². The van der Waals surface area contributed by atoms with Gasteiger partial charge in [0.2, 0.25) is 5.91 Å². The van der Waals surface area contributed by atoms with Crippen molar-refractivity contribution in [3.63, 3.8) is 0 Å². The highest BCUT2D eigenvalue weighted by Gasteiger charge is 2.21. The van der Waals surface area contributed by atoms with Crippen molar-refractivity contribution in [3.05, 3.63) is 34.7 Å². The van der Waals surface area contributed by atoms with Crippen LogP contribution in [0.2, 0.25) is 0 Å². The van der Waals surface area contributed by atoms with E-state index in [1.165, 1.54) is 17.1 Å². The number of carbonyl (C=O) groups is 1. The highest BCUT2D eigenvalue weighted by Crippen LogP contribution is 2.23. The number of hydrogen-bond acceptors (Lipinski definition) is 3. The molecule has 1 aliphatic rings. The van der Waals surface area contributed by atoms with E-state index >= 15 is 0 Å². The third-order valence-corrected chi connectivity index (χ3v) is 3.79. The van der Waals surface area contributed by atoms with Gasteiger partial charge in [0.15, 0.2) is 0 Å². The predicted octanol–water partition coefficient (Wildman–Crippen LogP) is 0.906. The third kappa shape index (κ3) is 4.20. The van der Waals surface area contributed by atoms with Crippen LogP contribution >= 0.6 is 0 Å². The highest BCUT2D eigenvalue weighted by molar-refractivity contribution is 5.78. The van der Waals surface area contributed by atoms with Crippen LogP contribution in [-0.4, -0.2) is 28.2 Å². The van der Waals surface area contributed by atoms with Gasteiger partial charge in [-0.15, -0.1) is 0 Å². The van der Waals surface area contributed by atoms with Crippen molar-refractivity contribution in [2.75, 3.05) is 6.54 Å². The van der Waals surface area contributed by atoms with E-state index in [2.05, 4.69) is 5.32 Å². The van der Waals surface area contributed by atoms with Crippen molar-refractivity contribution in [3.8, 4) is 0 Å². The van der Waals surface area contributed by atoms with Crippen LogP contribution in [0.1, 0.15) is 32.1 Å². The van der Waals surface area contributed by atoms with Gasteiger partial charge >= 0.3 is 0 Å². The largest absolute Gasteiger partial charge is 0.389 e. The number of nitrogens with zero attached hydrogens (tertiary/aromatic N) is 1. The molecule has 1 amide bonds. The second-order valence-electron chi connectivity index (χ2n) is 5.43. The van der Waals surface area contributed by atoms with Crippen LogP contribution in [0, 0.1) is 5.92 Å². The highest BCUT2D eigenvalue weighted by atomic mass is 16.3. The van der Waals surface area contributed by atoms with Gasteiger partial charge in [-0.05, 0) is 18.9 Å². The fourth-order valence-electron chi connectivity index (χ4n) is 2.63. The molecule has 20 heavy (non-hydrogen) atoms. The van der Waals surface area contributed by atoms with Crippen LogP contribution < -0.4 is 10.9 Å². The molecule has 0 bridgehead atoms. The quantitative estimate of drug-likeness (QED) is 0.841. The lowest BCUT2D eigenvalue weighted by molar-refractivity contribution is -0.126. The minimum atomic E-state index is -0.748. The molecule has 1 atom stereocenters. The van der Waals surface area contributed by atoms with Crippen molar-refractivity contribution in [2.45, 2.75) is 44.8 Å². The van der Waals surface area contributed by atoms with Crippen LogP contribution in [0.5, 0.6) is 0 Å². The van der Waals surface area contributed by atoms with E-state index in [4.69, 9.17) is 0 Å². The van der Waals surface area contributed by atoms with Crippen molar-refractivity contribution in [1.29, 1.82) is 0 Å². The molecular formula is C15H22N2O3. The summed E-state index contributed by atoms with van der Waals surface area (Å²) in [6.07, 6.45) is 6.21. The molecule has 5 nitrogen and oxygen atoms in total. The fraction of sp³-hybridized carbons (Fsp3) is 0.600. The van der Waals surface area contributed by atoms with Crippen molar-refractivity contribution in [1.82, 2.24) is 9.88 Å². The van der Waals surface area contributed by atoms with Gasteiger partial charge in [0.05, 0.1) is 12.6 Å². The molecule has 0 aliphatic heterocycles. The first-order chi connectivity index (χ1) is 9.66. The van der Waals surface area contributed by atoms with Gasteiger partial charge in [-0.3, -0.25) is 9.59 Å². The molecule has 1 aromatic rings. The second kappa shape index (κ2) is 7.24. The van der Waals surface area contributed by atoms with Crippen LogP contribution in [0.3, 0.4) is 0 Å². The van der Waals surface area contributed by atoms with Gasteiger partial charge in [0, 0.05) is 24.7 Å². The van der Waals surface area contributed by atoms with Gasteiger partial charge in [0.25, 0.3) is 5.56 Å². The molecule has 2 N–H and O–H groups in total. The molecule has 1 aliphatic carbocycles. The summed E-state index contributed by atoms with van der Waals surface area (Å²) in [5, 5.41) is 12.7. The standard InChI is InChI=1S/C15H22N2O3/c18-13(11-17-9-5-4-8-14(17)19)10-16-15(20)12-6-2-1-3-7-12/h4-5,8-9,12-13,18H,1-3,6-7,10-11H2,(H,16,20). The molecule has 0 saturated heterocycles. The molecule has 1 heterocycles. The molecule has 1 fully saturated rings. The van der Waals surface area contributed by atoms with Gasteiger partial charge < -0.3 is 15.0 Å². The zero-order chi connectivity index (χ0) is 14.4. The maximum absolute atomic E-state index is 11.9. The average Bonchev–Trinajstić information content (AvgIpc) is 2.48. The number of pyridine rings is 1. The topological polar surface area (TPSA) is 71.3 Å². The number of rotatable bonds is 5. The van der Waals surface area contributed by atoms with Gasteiger partial charge in [-0.1, -0.05) is 25.3 Å². The van der Waals surface area contributed by atoms with Crippen molar-refractivity contribution < 1.29 is 9.90 Å². The molecule has 0 aromatic carbocycles. The van der Waals surface area contributed by atoms with E-state index in [1.807, 2.05) is 0 Å². The van der Waals surface area contributed by atoms with Crippen LogP contribution in [-0.2, 0) is 11.3 Å². The lowest BCUT2D eigenvalue weighted by Crippen LogP contribution is -2.39. The molecule has 110 valence electrons. The molecule has 2 rings (SSSR count). The summed E-state index contributed by atoms with van der Waals surface area (Å²) in [4.78, 5) is 23.4. The normalized spacial score (nSPS) is 17.6. The minimum Gasteiger partial charge on any atom is -0.389 e. The summed E-state index contributed by atoms with van der Waals surface area (Å²) < 4.78 is 1.44. The monoisotopic (exact) mass is 278 g/mol. The summed E-state index contributed by atoms with van der Waals surface area (Å²) in [5.74, 6) is 0.125. The second-order valence-corrected chi connectivity index (χ2v) is 5.43. The Kier molecular flexibility index (Phi) is 5.35. The SMILES string of the molecule is O=C(NCC(O)Cn1ccccc1=O)C1CCCCC1. The van der Waals surface area contributed by atoms with Crippen molar-refractivity contribution in [2.24, 2.45) is 5.92 Å². The Bertz CT molecular complexity index is 492. The van der Waals surface area contributed by atoms with E-state index in [-0.39, 0.29) is 30.5 Å². The summed E-state index contributed by atoms with van der Waals surface area (Å²) in [6.45, 7) is 0.390. The van der Waals surface area contributed by atoms with E-state index in [1.54, 1.807) is 18.3 Å². The first-order valence-electron chi connectivity index (χ1n) is 7.28. The summed E-state index contributed by atoms with van der Waals surface area (Å²) in [6, 6.07) is 4.86. The van der Waals surface area contributed by atoms with Gasteiger partial charge in [-0.2, -0.15) is 0 Å².